The van der Waals surface area contributed by atoms with Crippen molar-refractivity contribution in [2.75, 3.05) is 25.5 Å². The van der Waals surface area contributed by atoms with E-state index in [0.29, 0.717) is 17.0 Å². The van der Waals surface area contributed by atoms with Gasteiger partial charge in [-0.1, -0.05) is 37.1 Å². The third-order valence-corrected chi connectivity index (χ3v) is 7.15. The summed E-state index contributed by atoms with van der Waals surface area (Å²) in [5.41, 5.74) is 5.04. The summed E-state index contributed by atoms with van der Waals surface area (Å²) in [6.45, 7) is 5.15. The summed E-state index contributed by atoms with van der Waals surface area (Å²) in [7, 11) is 1.59. The van der Waals surface area contributed by atoms with E-state index in [1.165, 1.54) is 37.3 Å². The number of anilines is 1. The van der Waals surface area contributed by atoms with E-state index in [0.717, 1.165) is 41.7 Å². The molecular weight excluding hydrogens is 465 g/mol. The highest BCUT2D eigenvalue weighted by atomic mass is 19.1. The molecule has 0 saturated carbocycles. The average molecular weight is 498 g/mol. The molecule has 4 aromatic rings. The van der Waals surface area contributed by atoms with Gasteiger partial charge in [0.1, 0.15) is 11.6 Å². The van der Waals surface area contributed by atoms with Crippen LogP contribution in [0.2, 0.25) is 0 Å². The van der Waals surface area contributed by atoms with E-state index in [4.69, 9.17) is 9.72 Å². The van der Waals surface area contributed by atoms with Crippen LogP contribution >= 0.6 is 0 Å². The Labute approximate surface area is 217 Å². The molecule has 0 bridgehead atoms. The lowest BCUT2D eigenvalue weighted by Crippen LogP contribution is -2.24. The number of methoxy groups -OCH3 is 1. The van der Waals surface area contributed by atoms with E-state index in [1.54, 1.807) is 43.5 Å². The second kappa shape index (κ2) is 11.1. The van der Waals surface area contributed by atoms with Gasteiger partial charge in [0.05, 0.1) is 12.6 Å². The molecule has 0 spiro atoms. The molecule has 0 aliphatic carbocycles. The number of nitrogens with one attached hydrogen (secondary N) is 1. The Kier molecular flexibility index (Phi) is 7.47. The fourth-order valence-corrected chi connectivity index (χ4v) is 5.02. The van der Waals surface area contributed by atoms with Gasteiger partial charge in [-0.3, -0.25) is 14.7 Å². The molecule has 0 atom stereocenters. The van der Waals surface area contributed by atoms with Gasteiger partial charge in [-0.05, 0) is 85.9 Å². The predicted molar refractivity (Wildman–Crippen MR) is 147 cm³/mol. The Balaban J connectivity index is 1.31. The van der Waals surface area contributed by atoms with Crippen molar-refractivity contribution >= 4 is 22.5 Å². The molecule has 0 unspecified atom stereocenters. The Morgan fingerprint density at radius 2 is 1.76 bits per heavy atom. The second-order valence-corrected chi connectivity index (χ2v) is 9.72. The van der Waals surface area contributed by atoms with E-state index in [1.807, 2.05) is 25.3 Å². The molecule has 1 aromatic heterocycles. The Morgan fingerprint density at radius 3 is 2.46 bits per heavy atom. The highest BCUT2D eigenvalue weighted by molar-refractivity contribution is 6.06. The monoisotopic (exact) mass is 497 g/mol. The number of amides is 1. The molecule has 1 N–H and O–H groups in total. The molecule has 1 aliphatic heterocycles. The van der Waals surface area contributed by atoms with E-state index in [2.05, 4.69) is 16.3 Å². The molecular formula is C31H32FN3O2. The third-order valence-electron chi connectivity index (χ3n) is 7.15. The summed E-state index contributed by atoms with van der Waals surface area (Å²) >= 11 is 0. The van der Waals surface area contributed by atoms with Crippen LogP contribution in [0, 0.1) is 12.7 Å². The summed E-state index contributed by atoms with van der Waals surface area (Å²) in [5.74, 6) is -0.110. The summed E-state index contributed by atoms with van der Waals surface area (Å²) in [4.78, 5) is 20.2. The van der Waals surface area contributed by atoms with Crippen molar-refractivity contribution in [1.29, 1.82) is 0 Å². The topological polar surface area (TPSA) is 54.5 Å². The number of halogens is 1. The molecule has 5 rings (SSSR count). The summed E-state index contributed by atoms with van der Waals surface area (Å²) in [6.07, 6.45) is 7.10. The number of ether oxygens (including phenoxy) is 1. The van der Waals surface area contributed by atoms with Crippen molar-refractivity contribution in [3.63, 3.8) is 0 Å². The van der Waals surface area contributed by atoms with Crippen molar-refractivity contribution in [2.24, 2.45) is 0 Å². The molecule has 37 heavy (non-hydrogen) atoms. The first kappa shape index (κ1) is 24.9. The number of benzene rings is 3. The molecule has 1 fully saturated rings. The molecule has 0 radical (unpaired) electrons. The molecule has 6 heteroatoms. The number of aromatic nitrogens is 1. The minimum atomic E-state index is -0.452. The number of rotatable bonds is 6. The van der Waals surface area contributed by atoms with Crippen molar-refractivity contribution in [2.45, 2.75) is 39.2 Å². The zero-order valence-corrected chi connectivity index (χ0v) is 21.4. The number of hydrogen-bond donors (Lipinski definition) is 1. The predicted octanol–water partition coefficient (Wildman–Crippen LogP) is 6.99. The van der Waals surface area contributed by atoms with Crippen LogP contribution in [-0.2, 0) is 6.54 Å². The number of pyridine rings is 1. The van der Waals surface area contributed by atoms with Crippen LogP contribution in [0.3, 0.4) is 0 Å². The number of nitrogens with zero attached hydrogens (tertiary/aromatic N) is 2. The molecule has 1 aliphatic rings. The fourth-order valence-electron chi connectivity index (χ4n) is 5.02. The van der Waals surface area contributed by atoms with Crippen LogP contribution in [0.15, 0.2) is 66.9 Å². The van der Waals surface area contributed by atoms with Gasteiger partial charge in [-0.15, -0.1) is 0 Å². The van der Waals surface area contributed by atoms with Gasteiger partial charge in [0, 0.05) is 34.9 Å². The smallest absolute Gasteiger partial charge is 0.255 e. The summed E-state index contributed by atoms with van der Waals surface area (Å²) < 4.78 is 20.1. The third kappa shape index (κ3) is 5.65. The lowest BCUT2D eigenvalue weighted by molar-refractivity contribution is 0.102. The van der Waals surface area contributed by atoms with Crippen LogP contribution in [0.25, 0.3) is 22.0 Å². The van der Waals surface area contributed by atoms with Crippen molar-refractivity contribution in [1.82, 2.24) is 9.88 Å². The number of aryl methyl sites for hydroxylation is 1. The Bertz CT molecular complexity index is 1410. The van der Waals surface area contributed by atoms with Gasteiger partial charge >= 0.3 is 0 Å². The normalized spacial score (nSPS) is 14.4. The zero-order valence-electron chi connectivity index (χ0n) is 21.4. The first-order valence-electron chi connectivity index (χ1n) is 12.9. The van der Waals surface area contributed by atoms with E-state index < -0.39 is 5.82 Å². The van der Waals surface area contributed by atoms with Gasteiger partial charge in [0.15, 0.2) is 0 Å². The van der Waals surface area contributed by atoms with Crippen molar-refractivity contribution in [3.8, 4) is 16.9 Å². The molecule has 1 amide bonds. The Hall–Kier alpha value is -3.77. The quantitative estimate of drug-likeness (QED) is 0.312. The van der Waals surface area contributed by atoms with Crippen LogP contribution in [0.5, 0.6) is 5.75 Å². The van der Waals surface area contributed by atoms with Crippen molar-refractivity contribution < 1.29 is 13.9 Å². The highest BCUT2D eigenvalue weighted by Crippen LogP contribution is 2.28. The van der Waals surface area contributed by atoms with Gasteiger partial charge in [-0.2, -0.15) is 0 Å². The first-order chi connectivity index (χ1) is 18.0. The van der Waals surface area contributed by atoms with Crippen LogP contribution < -0.4 is 10.1 Å². The van der Waals surface area contributed by atoms with Gasteiger partial charge in [0.25, 0.3) is 5.91 Å². The second-order valence-electron chi connectivity index (χ2n) is 9.72. The lowest BCUT2D eigenvalue weighted by Gasteiger charge is -2.20. The van der Waals surface area contributed by atoms with Crippen molar-refractivity contribution in [3.05, 3.63) is 89.4 Å². The molecule has 3 aromatic carbocycles. The summed E-state index contributed by atoms with van der Waals surface area (Å²) in [5, 5.41) is 3.99. The standard InChI is InChI=1S/C31H32FN3O2/c1-21-29(14-10-24-17-22(19-33-30(21)24)20-35-15-5-3-4-6-16-35)34-31(36)25-9-13-27(28(32)18-25)23-7-11-26(37-2)12-8-23/h7-14,17-19H,3-6,15-16,20H2,1-2H3,(H,34,36). The minimum absolute atomic E-state index is 0.259. The highest BCUT2D eigenvalue weighted by Gasteiger charge is 2.15. The van der Waals surface area contributed by atoms with E-state index in [9.17, 15) is 9.18 Å². The zero-order chi connectivity index (χ0) is 25.8. The largest absolute Gasteiger partial charge is 0.497 e. The minimum Gasteiger partial charge on any atom is -0.497 e. The number of likely N-dealkylation sites (tertiary alicyclic amines) is 1. The lowest BCUT2D eigenvalue weighted by atomic mass is 10.0. The summed E-state index contributed by atoms with van der Waals surface area (Å²) in [6, 6.07) is 17.8. The average Bonchev–Trinajstić information content (AvgIpc) is 3.19. The molecule has 5 nitrogen and oxygen atoms in total. The Morgan fingerprint density at radius 1 is 1.00 bits per heavy atom. The van der Waals surface area contributed by atoms with Gasteiger partial charge < -0.3 is 10.1 Å². The molecule has 2 heterocycles. The van der Waals surface area contributed by atoms with E-state index in [-0.39, 0.29) is 11.5 Å². The van der Waals surface area contributed by atoms with E-state index >= 15 is 0 Å². The van der Waals surface area contributed by atoms with Gasteiger partial charge in [0.2, 0.25) is 0 Å². The maximum absolute atomic E-state index is 14.9. The van der Waals surface area contributed by atoms with Crippen LogP contribution in [0.4, 0.5) is 10.1 Å². The van der Waals surface area contributed by atoms with Gasteiger partial charge in [-0.25, -0.2) is 4.39 Å². The number of hydrogen-bond acceptors (Lipinski definition) is 4. The molecule has 1 saturated heterocycles. The number of fused-ring (bicyclic) bond motifs is 1. The number of carbonyl (C=O) groups excluding carboxylic acids is 1. The SMILES string of the molecule is COc1ccc(-c2ccc(C(=O)Nc3ccc4cc(CN5CCCCCC5)cnc4c3C)cc2F)cc1. The first-order valence-corrected chi connectivity index (χ1v) is 12.9. The fraction of sp³-hybridized carbons (Fsp3) is 0.290. The van der Waals surface area contributed by atoms with Crippen LogP contribution in [-0.4, -0.2) is 36.0 Å². The molecule has 190 valence electrons. The van der Waals surface area contributed by atoms with Crippen LogP contribution in [0.1, 0.15) is 47.2 Å². The maximum atomic E-state index is 14.9. The maximum Gasteiger partial charge on any atom is 0.255 e. The number of carbonyl (C=O) groups is 1.